The summed E-state index contributed by atoms with van der Waals surface area (Å²) in [6, 6.07) is 5.36. The van der Waals surface area contributed by atoms with Crippen LogP contribution < -0.4 is 20.1 Å². The van der Waals surface area contributed by atoms with Crippen molar-refractivity contribution < 1.29 is 34.1 Å². The number of hydrogen-bond acceptors (Lipinski definition) is 6. The maximum atomic E-state index is 12.1. The monoisotopic (exact) mass is 382 g/mol. The molecule has 1 unspecified atom stereocenters. The highest BCUT2D eigenvalue weighted by atomic mass is 16.5. The minimum absolute atomic E-state index is 0.00692. The Labute approximate surface area is 157 Å². The first-order valence-electron chi connectivity index (χ1n) is 8.55. The Balaban J connectivity index is 0.000000527. The Bertz CT molecular complexity index is 643. The zero-order valence-electron chi connectivity index (χ0n) is 15.7. The molecular weight excluding hydrogens is 356 g/mol. The van der Waals surface area contributed by atoms with Gasteiger partial charge in [0, 0.05) is 11.8 Å². The van der Waals surface area contributed by atoms with E-state index in [1.54, 1.807) is 7.11 Å². The average Bonchev–Trinajstić information content (AvgIpc) is 3.15. The minimum atomic E-state index is -1.82. The number of hydrogen-bond donors (Lipinski definition) is 4. The summed E-state index contributed by atoms with van der Waals surface area (Å²) < 4.78 is 11.0. The summed E-state index contributed by atoms with van der Waals surface area (Å²) in [5.74, 6) is -1.89. The van der Waals surface area contributed by atoms with Crippen molar-refractivity contribution in [2.75, 3.05) is 25.6 Å². The lowest BCUT2D eigenvalue weighted by atomic mass is 10.2. The zero-order chi connectivity index (χ0) is 20.4. The number of nitrogens with one attached hydrogen (secondary N) is 2. The number of ether oxygens (including phenoxy) is 2. The summed E-state index contributed by atoms with van der Waals surface area (Å²) in [5.41, 5.74) is 0.730. The topological polar surface area (TPSA) is 134 Å². The molecule has 4 N–H and O–H groups in total. The molecule has 0 radical (unpaired) electrons. The molecule has 9 heteroatoms. The maximum Gasteiger partial charge on any atom is 0.414 e. The second-order valence-corrected chi connectivity index (χ2v) is 6.32. The van der Waals surface area contributed by atoms with E-state index in [1.807, 2.05) is 18.2 Å². The molecule has 0 spiro atoms. The van der Waals surface area contributed by atoms with E-state index in [4.69, 9.17) is 29.3 Å². The van der Waals surface area contributed by atoms with Gasteiger partial charge in [-0.2, -0.15) is 0 Å². The van der Waals surface area contributed by atoms with E-state index in [1.165, 1.54) is 0 Å². The van der Waals surface area contributed by atoms with E-state index in [9.17, 15) is 4.79 Å². The molecule has 9 nitrogen and oxygen atoms in total. The Morgan fingerprint density at radius 2 is 1.89 bits per heavy atom. The highest BCUT2D eigenvalue weighted by Crippen LogP contribution is 2.30. The molecule has 1 aliphatic rings. The third-order valence-electron chi connectivity index (χ3n) is 3.56. The number of carboxylic acid groups (broad SMARTS) is 2. The molecule has 1 amide bonds. The molecule has 1 aromatic rings. The van der Waals surface area contributed by atoms with Crippen LogP contribution in [-0.4, -0.2) is 54.4 Å². The summed E-state index contributed by atoms with van der Waals surface area (Å²) in [4.78, 5) is 30.3. The number of amides is 1. The van der Waals surface area contributed by atoms with Crippen LogP contribution >= 0.6 is 0 Å². The van der Waals surface area contributed by atoms with Gasteiger partial charge in [-0.05, 0) is 37.4 Å². The van der Waals surface area contributed by atoms with E-state index in [2.05, 4.69) is 24.5 Å². The van der Waals surface area contributed by atoms with Gasteiger partial charge in [-0.1, -0.05) is 13.8 Å². The van der Waals surface area contributed by atoms with Gasteiger partial charge in [0.1, 0.15) is 0 Å². The molecule has 2 rings (SSSR count). The molecule has 1 aliphatic heterocycles. The van der Waals surface area contributed by atoms with Crippen LogP contribution in [0.15, 0.2) is 18.2 Å². The average molecular weight is 382 g/mol. The van der Waals surface area contributed by atoms with Gasteiger partial charge in [-0.15, -0.1) is 0 Å². The van der Waals surface area contributed by atoms with Gasteiger partial charge < -0.3 is 30.3 Å². The summed E-state index contributed by atoms with van der Waals surface area (Å²) in [7, 11) is 1.61. The zero-order valence-corrected chi connectivity index (χ0v) is 15.7. The van der Waals surface area contributed by atoms with Gasteiger partial charge in [0.15, 0.2) is 11.5 Å². The number of aliphatic carboxylic acids is 2. The number of carbonyl (C=O) groups is 3. The highest BCUT2D eigenvalue weighted by Gasteiger charge is 2.22. The number of rotatable bonds is 6. The normalized spacial score (nSPS) is 15.5. The fourth-order valence-electron chi connectivity index (χ4n) is 2.26. The maximum absolute atomic E-state index is 12.1. The van der Waals surface area contributed by atoms with E-state index in [0.29, 0.717) is 24.0 Å². The third kappa shape index (κ3) is 7.95. The fourth-order valence-corrected chi connectivity index (χ4v) is 2.26. The van der Waals surface area contributed by atoms with Crippen LogP contribution in [0, 0.1) is 5.92 Å². The SMILES string of the molecule is COc1ccc(NC(=O)C2CCCN2)cc1OCC(C)C.O=C(O)C(=O)O. The molecule has 0 saturated carbocycles. The molecule has 27 heavy (non-hydrogen) atoms. The van der Waals surface area contributed by atoms with Crippen LogP contribution in [0.1, 0.15) is 26.7 Å². The lowest BCUT2D eigenvalue weighted by molar-refractivity contribution is -0.159. The summed E-state index contributed by atoms with van der Waals surface area (Å²) in [6.07, 6.45) is 1.93. The Morgan fingerprint density at radius 1 is 1.22 bits per heavy atom. The molecule has 0 aliphatic carbocycles. The first kappa shape index (κ1) is 22.2. The van der Waals surface area contributed by atoms with Crippen molar-refractivity contribution in [1.82, 2.24) is 5.32 Å². The largest absolute Gasteiger partial charge is 0.493 e. The van der Waals surface area contributed by atoms with Gasteiger partial charge in [0.2, 0.25) is 5.91 Å². The van der Waals surface area contributed by atoms with Crippen molar-refractivity contribution in [1.29, 1.82) is 0 Å². The van der Waals surface area contributed by atoms with Crippen molar-refractivity contribution in [2.45, 2.75) is 32.7 Å². The molecular formula is C18H26N2O7. The molecule has 1 fully saturated rings. The molecule has 1 atom stereocenters. The first-order valence-corrected chi connectivity index (χ1v) is 8.55. The summed E-state index contributed by atoms with van der Waals surface area (Å²) in [5, 5.41) is 20.9. The fraction of sp³-hybridized carbons (Fsp3) is 0.500. The lowest BCUT2D eigenvalue weighted by Crippen LogP contribution is -2.35. The lowest BCUT2D eigenvalue weighted by Gasteiger charge is -2.15. The van der Waals surface area contributed by atoms with Crippen molar-refractivity contribution in [3.8, 4) is 11.5 Å². The predicted octanol–water partition coefficient (Wildman–Crippen LogP) is 1.58. The van der Waals surface area contributed by atoms with Gasteiger partial charge >= 0.3 is 11.9 Å². The van der Waals surface area contributed by atoms with Gasteiger partial charge in [0.25, 0.3) is 0 Å². The van der Waals surface area contributed by atoms with Crippen LogP contribution in [-0.2, 0) is 14.4 Å². The van der Waals surface area contributed by atoms with Crippen LogP contribution in [0.25, 0.3) is 0 Å². The van der Waals surface area contributed by atoms with Gasteiger partial charge in [-0.25, -0.2) is 9.59 Å². The van der Waals surface area contributed by atoms with Crippen molar-refractivity contribution in [3.63, 3.8) is 0 Å². The Hall–Kier alpha value is -2.81. The predicted molar refractivity (Wildman–Crippen MR) is 98.3 cm³/mol. The van der Waals surface area contributed by atoms with E-state index in [0.717, 1.165) is 25.1 Å². The Kier molecular flexibility index (Phi) is 9.07. The molecule has 1 saturated heterocycles. The number of methoxy groups -OCH3 is 1. The first-order chi connectivity index (χ1) is 12.7. The molecule has 0 aromatic heterocycles. The van der Waals surface area contributed by atoms with E-state index < -0.39 is 11.9 Å². The molecule has 1 heterocycles. The van der Waals surface area contributed by atoms with Crippen molar-refractivity contribution in [3.05, 3.63) is 18.2 Å². The summed E-state index contributed by atoms with van der Waals surface area (Å²) in [6.45, 7) is 5.69. The van der Waals surface area contributed by atoms with Crippen LogP contribution in [0.3, 0.4) is 0 Å². The standard InChI is InChI=1S/C16H24N2O3.C2H2O4/c1-11(2)10-21-15-9-12(6-7-14(15)20-3)18-16(19)13-5-4-8-17-13;3-1(4)2(5)6/h6-7,9,11,13,17H,4-5,8,10H2,1-3H3,(H,18,19);(H,3,4)(H,5,6). The van der Waals surface area contributed by atoms with Crippen molar-refractivity contribution >= 4 is 23.5 Å². The van der Waals surface area contributed by atoms with E-state index >= 15 is 0 Å². The molecule has 0 bridgehead atoms. The summed E-state index contributed by atoms with van der Waals surface area (Å²) >= 11 is 0. The van der Waals surface area contributed by atoms with Crippen LogP contribution in [0.2, 0.25) is 0 Å². The highest BCUT2D eigenvalue weighted by molar-refractivity contribution is 6.27. The van der Waals surface area contributed by atoms with Crippen LogP contribution in [0.5, 0.6) is 11.5 Å². The second kappa shape index (κ2) is 11.0. The number of carboxylic acids is 2. The second-order valence-electron chi connectivity index (χ2n) is 6.32. The smallest absolute Gasteiger partial charge is 0.414 e. The minimum Gasteiger partial charge on any atom is -0.493 e. The van der Waals surface area contributed by atoms with Crippen LogP contribution in [0.4, 0.5) is 5.69 Å². The Morgan fingerprint density at radius 3 is 2.37 bits per heavy atom. The third-order valence-corrected chi connectivity index (χ3v) is 3.56. The molecule has 150 valence electrons. The van der Waals surface area contributed by atoms with Gasteiger partial charge in [-0.3, -0.25) is 4.79 Å². The number of anilines is 1. The number of benzene rings is 1. The van der Waals surface area contributed by atoms with E-state index in [-0.39, 0.29) is 11.9 Å². The number of carbonyl (C=O) groups excluding carboxylic acids is 1. The van der Waals surface area contributed by atoms with Gasteiger partial charge in [0.05, 0.1) is 19.8 Å². The quantitative estimate of drug-likeness (QED) is 0.545. The van der Waals surface area contributed by atoms with Crippen molar-refractivity contribution in [2.24, 2.45) is 5.92 Å². The molecule has 1 aromatic carbocycles.